The van der Waals surface area contributed by atoms with E-state index in [0.29, 0.717) is 22.1 Å². The molecule has 4 aromatic rings. The second-order valence-electron chi connectivity index (χ2n) is 8.88. The molecule has 0 spiro atoms. The van der Waals surface area contributed by atoms with Gasteiger partial charge < -0.3 is 14.0 Å². The molecule has 0 unspecified atom stereocenters. The largest absolute Gasteiger partial charge is 1.00 e. The molecule has 0 saturated heterocycles. The number of rotatable bonds is 7. The van der Waals surface area contributed by atoms with Gasteiger partial charge in [0.2, 0.25) is 5.88 Å². The third-order valence-corrected chi connectivity index (χ3v) is 11.1. The topological polar surface area (TPSA) is 122 Å². The standard InChI is InChI=1S/C25H24N2O6S5.2C2H4.Ag/c1-4-17(12-22-27(14-38(31,32)33)25-24(36-22)15(2)16(3)34-25)11-21-26(13-37(28,29)30)23-19-8-6-5-7-18(19)9-10-20(23)35-21;2*1-2;/h5-12H,4,13-14H2,1-3H3,(H-,28,29,30,31,32,33);2*1-2H2;/q;;;+1/p-1. The predicted octanol–water partition coefficient (Wildman–Crippen LogP) is 6.87. The Bertz CT molecular complexity index is 1910. The predicted molar refractivity (Wildman–Crippen MR) is 175 cm³/mol. The maximum atomic E-state index is 11.9. The fourth-order valence-electron chi connectivity index (χ4n) is 4.36. The Labute approximate surface area is 281 Å². The zero-order chi connectivity index (χ0) is 31.4. The van der Waals surface area contributed by atoms with Crippen LogP contribution in [0.2, 0.25) is 0 Å². The Morgan fingerprint density at radius 2 is 1.63 bits per heavy atom. The van der Waals surface area contributed by atoms with E-state index in [-0.39, 0.29) is 22.4 Å². The second kappa shape index (κ2) is 15.3. The van der Waals surface area contributed by atoms with Gasteiger partial charge in [-0.3, -0.25) is 0 Å². The first-order valence-electron chi connectivity index (χ1n) is 12.5. The fourth-order valence-corrected chi connectivity index (χ4v) is 9.56. The van der Waals surface area contributed by atoms with Crippen LogP contribution < -0.4 is 9.47 Å². The summed E-state index contributed by atoms with van der Waals surface area (Å²) in [6.07, 6.45) is 4.20. The molecule has 0 amide bonds. The van der Waals surface area contributed by atoms with Crippen LogP contribution in [-0.4, -0.2) is 31.8 Å². The molecule has 43 heavy (non-hydrogen) atoms. The Kier molecular flexibility index (Phi) is 13.2. The minimum Gasteiger partial charge on any atom is -0.747 e. The molecule has 0 bridgehead atoms. The van der Waals surface area contributed by atoms with Gasteiger partial charge in [-0.25, -0.2) is 16.8 Å². The van der Waals surface area contributed by atoms with Crippen LogP contribution >= 0.6 is 34.4 Å². The minimum atomic E-state index is -4.60. The molecule has 0 saturated carbocycles. The first-order chi connectivity index (χ1) is 19.8. The molecule has 2 aromatic carbocycles. The third-order valence-electron chi connectivity index (χ3n) is 6.24. The third kappa shape index (κ3) is 8.57. The molecule has 8 nitrogen and oxygen atoms in total. The molecule has 14 heteroatoms. The molecule has 0 N–H and O–H groups in total. The van der Waals surface area contributed by atoms with Gasteiger partial charge in [-0.15, -0.1) is 26.3 Å². The SMILES string of the molecule is C=C.C=C.CCC(/C=C1\Sc2ccc3ccccc3c2N1CS(=O)(=O)[O-])=C\c1sc2c(C)c(C)sc2[n+]1CS(=O)(=O)[O-].[Ag+]. The first kappa shape index (κ1) is 37.1. The molecule has 0 atom stereocenters. The van der Waals surface area contributed by atoms with Crippen LogP contribution in [0, 0.1) is 13.8 Å². The monoisotopic (exact) mass is 770 g/mol. The number of benzene rings is 2. The molecule has 3 heterocycles. The number of anilines is 1. The van der Waals surface area contributed by atoms with Crippen LogP contribution in [0.15, 0.2) is 84.3 Å². The van der Waals surface area contributed by atoms with Crippen LogP contribution in [0.3, 0.4) is 0 Å². The summed E-state index contributed by atoms with van der Waals surface area (Å²) in [6.45, 7) is 17.9. The summed E-state index contributed by atoms with van der Waals surface area (Å²) in [5, 5.41) is 2.96. The van der Waals surface area contributed by atoms with E-state index in [1.807, 2.05) is 69.3 Å². The number of nitrogens with zero attached hydrogens (tertiary/aromatic N) is 2. The number of fused-ring (bicyclic) bond motifs is 4. The quantitative estimate of drug-likeness (QED) is 0.0864. The average molecular weight is 772 g/mol. The summed E-state index contributed by atoms with van der Waals surface area (Å²) in [5.74, 6) is -1.40. The molecule has 1 aliphatic rings. The van der Waals surface area contributed by atoms with Crippen LogP contribution in [0.1, 0.15) is 28.8 Å². The van der Waals surface area contributed by atoms with E-state index >= 15 is 0 Å². The number of hydrogen-bond acceptors (Lipinski definition) is 10. The van der Waals surface area contributed by atoms with Crippen LogP contribution in [0.5, 0.6) is 0 Å². The molecule has 0 aliphatic carbocycles. The summed E-state index contributed by atoms with van der Waals surface area (Å²) in [5.41, 5.74) is 2.51. The number of aryl methyl sites for hydroxylation is 2. The van der Waals surface area contributed by atoms with Crippen molar-refractivity contribution in [1.29, 1.82) is 0 Å². The van der Waals surface area contributed by atoms with Crippen molar-refractivity contribution in [2.45, 2.75) is 38.0 Å². The Balaban J connectivity index is 0.00000124. The molecule has 1 aliphatic heterocycles. The van der Waals surface area contributed by atoms with E-state index in [2.05, 4.69) is 26.3 Å². The Hall–Kier alpha value is -2.04. The van der Waals surface area contributed by atoms with Gasteiger partial charge in [0.15, 0.2) is 10.1 Å². The van der Waals surface area contributed by atoms with Crippen LogP contribution in [-0.2, 0) is 48.5 Å². The van der Waals surface area contributed by atoms with Crippen molar-refractivity contribution < 1.29 is 52.9 Å². The first-order valence-corrected chi connectivity index (χ1v) is 18.1. The van der Waals surface area contributed by atoms with Gasteiger partial charge in [0.1, 0.15) is 20.7 Å². The Morgan fingerprint density at radius 1 is 0.977 bits per heavy atom. The van der Waals surface area contributed by atoms with Crippen molar-refractivity contribution >= 4 is 86.7 Å². The van der Waals surface area contributed by atoms with Crippen molar-refractivity contribution in [2.24, 2.45) is 0 Å². The second-order valence-corrected chi connectivity index (χ2v) is 14.9. The van der Waals surface area contributed by atoms with E-state index in [9.17, 15) is 25.9 Å². The van der Waals surface area contributed by atoms with Crippen molar-refractivity contribution in [3.8, 4) is 0 Å². The maximum Gasteiger partial charge on any atom is 1.00 e. The van der Waals surface area contributed by atoms with Gasteiger partial charge in [0.05, 0.1) is 10.7 Å². The number of allylic oxidation sites excluding steroid dienone is 2. The van der Waals surface area contributed by atoms with E-state index in [1.165, 1.54) is 43.9 Å². The summed E-state index contributed by atoms with van der Waals surface area (Å²) in [7, 11) is -9.15. The van der Waals surface area contributed by atoms with Gasteiger partial charge in [-0.1, -0.05) is 71.7 Å². The fraction of sp³-hybridized carbons (Fsp3) is 0.207. The van der Waals surface area contributed by atoms with Crippen LogP contribution in [0.25, 0.3) is 26.4 Å². The van der Waals surface area contributed by atoms with Gasteiger partial charge in [0.25, 0.3) is 9.84 Å². The van der Waals surface area contributed by atoms with Crippen molar-refractivity contribution in [3.05, 3.63) is 94.8 Å². The number of thiophene rings is 1. The molecule has 0 radical (unpaired) electrons. The van der Waals surface area contributed by atoms with Crippen molar-refractivity contribution in [2.75, 3.05) is 10.8 Å². The maximum absolute atomic E-state index is 11.9. The van der Waals surface area contributed by atoms with Crippen molar-refractivity contribution in [3.63, 3.8) is 0 Å². The average Bonchev–Trinajstić information content (AvgIpc) is 3.55. The molecule has 2 aromatic heterocycles. The summed E-state index contributed by atoms with van der Waals surface area (Å²) in [4.78, 5) is 4.15. The van der Waals surface area contributed by atoms with E-state index in [0.717, 1.165) is 41.2 Å². The molecular weight excluding hydrogens is 741 g/mol. The normalized spacial score (nSPS) is 14.1. The van der Waals surface area contributed by atoms with Gasteiger partial charge in [-0.05, 0) is 48.9 Å². The van der Waals surface area contributed by atoms with E-state index in [4.69, 9.17) is 0 Å². The van der Waals surface area contributed by atoms with Crippen LogP contribution in [0.4, 0.5) is 5.69 Å². The van der Waals surface area contributed by atoms with Crippen molar-refractivity contribution in [1.82, 2.24) is 0 Å². The number of hydrogen-bond donors (Lipinski definition) is 0. The number of thioether (sulfide) groups is 1. The zero-order valence-corrected chi connectivity index (χ0v) is 29.3. The van der Waals surface area contributed by atoms with Gasteiger partial charge >= 0.3 is 22.4 Å². The number of aromatic nitrogens is 1. The molecule has 0 fully saturated rings. The summed E-state index contributed by atoms with van der Waals surface area (Å²) < 4.78 is 73.3. The number of thiazole rings is 1. The zero-order valence-electron chi connectivity index (χ0n) is 23.8. The van der Waals surface area contributed by atoms with Gasteiger partial charge in [0, 0.05) is 21.2 Å². The van der Waals surface area contributed by atoms with E-state index in [1.54, 1.807) is 0 Å². The summed E-state index contributed by atoms with van der Waals surface area (Å²) in [6, 6.07) is 11.5. The molecule has 5 rings (SSSR count). The summed E-state index contributed by atoms with van der Waals surface area (Å²) >= 11 is 4.23. The minimum absolute atomic E-state index is 0. The van der Waals surface area contributed by atoms with E-state index < -0.39 is 32.0 Å². The molecule has 234 valence electrons. The molecular formula is C29H31AgN2O6S5. The van der Waals surface area contributed by atoms with Gasteiger partial charge in [-0.2, -0.15) is 4.57 Å². The smallest absolute Gasteiger partial charge is 0.747 e. The Morgan fingerprint density at radius 3 is 2.23 bits per heavy atom.